The second-order valence-corrected chi connectivity index (χ2v) is 4.65. The van der Waals surface area contributed by atoms with Crippen LogP contribution in [0.3, 0.4) is 0 Å². The number of nitrogens with one attached hydrogen (secondary N) is 1. The van der Waals surface area contributed by atoms with Gasteiger partial charge in [0.2, 0.25) is 0 Å². The highest BCUT2D eigenvalue weighted by atomic mass is 79.9. The molecule has 4 heteroatoms. The van der Waals surface area contributed by atoms with Gasteiger partial charge in [0.1, 0.15) is 0 Å². The monoisotopic (exact) mass is 279 g/mol. The molecule has 0 atom stereocenters. The fourth-order valence-electron chi connectivity index (χ4n) is 1.54. The molecule has 16 heavy (non-hydrogen) atoms. The molecule has 2 rings (SSSR count). The number of nitrogens with zero attached hydrogens (tertiary/aromatic N) is 2. The van der Waals surface area contributed by atoms with Crippen molar-refractivity contribution in [2.45, 2.75) is 13.1 Å². The summed E-state index contributed by atoms with van der Waals surface area (Å²) in [7, 11) is 2.00. The van der Waals surface area contributed by atoms with Crippen molar-refractivity contribution in [1.29, 1.82) is 0 Å². The molecular formula is C12H14BrN3. The third kappa shape index (κ3) is 2.93. The second-order valence-electron chi connectivity index (χ2n) is 3.73. The molecule has 0 fully saturated rings. The zero-order valence-electron chi connectivity index (χ0n) is 9.15. The maximum absolute atomic E-state index is 4.08. The highest BCUT2D eigenvalue weighted by Gasteiger charge is 1.98. The molecule has 1 N–H and O–H groups in total. The van der Waals surface area contributed by atoms with Crippen molar-refractivity contribution in [2.24, 2.45) is 7.05 Å². The molecule has 1 heterocycles. The topological polar surface area (TPSA) is 29.9 Å². The lowest BCUT2D eigenvalue weighted by Crippen LogP contribution is -2.14. The average Bonchev–Trinajstić information content (AvgIpc) is 2.65. The van der Waals surface area contributed by atoms with Gasteiger partial charge in [-0.15, -0.1) is 0 Å². The molecule has 0 saturated heterocycles. The molecule has 0 bridgehead atoms. The van der Waals surface area contributed by atoms with E-state index < -0.39 is 0 Å². The molecule has 3 nitrogen and oxygen atoms in total. The fourth-order valence-corrected chi connectivity index (χ4v) is 1.98. The van der Waals surface area contributed by atoms with Crippen LogP contribution in [0.5, 0.6) is 0 Å². The smallest absolute Gasteiger partial charge is 0.0945 e. The minimum atomic E-state index is 0.836. The number of hydrogen-bond donors (Lipinski definition) is 1. The molecule has 0 aliphatic carbocycles. The van der Waals surface area contributed by atoms with Crippen molar-refractivity contribution >= 4 is 15.9 Å². The molecule has 0 radical (unpaired) electrons. The Morgan fingerprint density at radius 3 is 2.94 bits per heavy atom. The Hall–Kier alpha value is -1.13. The molecule has 2 aromatic rings. The Balaban J connectivity index is 1.87. The summed E-state index contributed by atoms with van der Waals surface area (Å²) in [6, 6.07) is 8.31. The highest BCUT2D eigenvalue weighted by molar-refractivity contribution is 9.10. The van der Waals surface area contributed by atoms with Crippen molar-refractivity contribution in [3.05, 3.63) is 52.5 Å². The van der Waals surface area contributed by atoms with Crippen LogP contribution in [0.25, 0.3) is 0 Å². The molecule has 0 aliphatic heterocycles. The van der Waals surface area contributed by atoms with Gasteiger partial charge in [0.15, 0.2) is 0 Å². The van der Waals surface area contributed by atoms with Gasteiger partial charge in [-0.05, 0) is 17.7 Å². The summed E-state index contributed by atoms with van der Waals surface area (Å²) in [6.07, 6.45) is 3.70. The van der Waals surface area contributed by atoms with Crippen LogP contribution in [-0.4, -0.2) is 9.55 Å². The van der Waals surface area contributed by atoms with Crippen molar-refractivity contribution in [3.63, 3.8) is 0 Å². The summed E-state index contributed by atoms with van der Waals surface area (Å²) in [5, 5.41) is 3.39. The first-order valence-corrected chi connectivity index (χ1v) is 5.95. The number of aryl methyl sites for hydroxylation is 1. The number of aromatic nitrogens is 2. The van der Waals surface area contributed by atoms with Gasteiger partial charge >= 0.3 is 0 Å². The molecule has 1 aromatic carbocycles. The Kier molecular flexibility index (Phi) is 3.74. The maximum atomic E-state index is 4.08. The first-order chi connectivity index (χ1) is 7.75. The average molecular weight is 280 g/mol. The molecule has 0 aliphatic rings. The van der Waals surface area contributed by atoms with Gasteiger partial charge in [-0.1, -0.05) is 28.1 Å². The minimum Gasteiger partial charge on any atom is -0.337 e. The quantitative estimate of drug-likeness (QED) is 0.932. The van der Waals surface area contributed by atoms with E-state index in [9.17, 15) is 0 Å². The number of rotatable bonds is 4. The maximum Gasteiger partial charge on any atom is 0.0945 e. The third-order valence-electron chi connectivity index (χ3n) is 2.44. The van der Waals surface area contributed by atoms with Crippen molar-refractivity contribution in [3.8, 4) is 0 Å². The molecule has 0 spiro atoms. The number of benzene rings is 1. The van der Waals surface area contributed by atoms with E-state index in [1.165, 1.54) is 11.3 Å². The zero-order valence-corrected chi connectivity index (χ0v) is 10.7. The Labute approximate surface area is 104 Å². The highest BCUT2D eigenvalue weighted by Crippen LogP contribution is 2.11. The van der Waals surface area contributed by atoms with Gasteiger partial charge in [-0.3, -0.25) is 0 Å². The van der Waals surface area contributed by atoms with E-state index >= 15 is 0 Å². The van der Waals surface area contributed by atoms with Crippen molar-refractivity contribution in [2.75, 3.05) is 0 Å². The molecule has 84 valence electrons. The van der Waals surface area contributed by atoms with Gasteiger partial charge in [0.25, 0.3) is 0 Å². The van der Waals surface area contributed by atoms with Gasteiger partial charge in [0.05, 0.1) is 12.0 Å². The molecule has 0 unspecified atom stereocenters. The van der Waals surface area contributed by atoms with Crippen LogP contribution >= 0.6 is 15.9 Å². The van der Waals surface area contributed by atoms with Gasteiger partial charge < -0.3 is 9.88 Å². The van der Waals surface area contributed by atoms with Crippen LogP contribution < -0.4 is 5.32 Å². The minimum absolute atomic E-state index is 0.836. The number of halogens is 1. The summed E-state index contributed by atoms with van der Waals surface area (Å²) >= 11 is 3.46. The van der Waals surface area contributed by atoms with Crippen molar-refractivity contribution in [1.82, 2.24) is 14.9 Å². The standard InChI is InChI=1S/C12H14BrN3/c1-16-9-15-8-12(16)7-14-6-10-3-2-4-11(13)5-10/h2-5,8-9,14H,6-7H2,1H3. The summed E-state index contributed by atoms with van der Waals surface area (Å²) < 4.78 is 3.14. The molecular weight excluding hydrogens is 266 g/mol. The Morgan fingerprint density at radius 1 is 1.38 bits per heavy atom. The van der Waals surface area contributed by atoms with E-state index in [4.69, 9.17) is 0 Å². The lowest BCUT2D eigenvalue weighted by atomic mass is 10.2. The van der Waals surface area contributed by atoms with Crippen molar-refractivity contribution < 1.29 is 0 Å². The predicted octanol–water partition coefficient (Wildman–Crippen LogP) is 2.47. The number of hydrogen-bond acceptors (Lipinski definition) is 2. The molecule has 0 amide bonds. The molecule has 1 aromatic heterocycles. The Morgan fingerprint density at radius 2 is 2.25 bits per heavy atom. The number of imidazole rings is 1. The van der Waals surface area contributed by atoms with Crippen LogP contribution in [0.15, 0.2) is 41.3 Å². The first-order valence-electron chi connectivity index (χ1n) is 5.16. The first kappa shape index (κ1) is 11.4. The van der Waals surface area contributed by atoms with E-state index in [1.807, 2.05) is 36.3 Å². The van der Waals surface area contributed by atoms with Crippen LogP contribution in [-0.2, 0) is 20.1 Å². The lowest BCUT2D eigenvalue weighted by molar-refractivity contribution is 0.655. The van der Waals surface area contributed by atoms with Gasteiger partial charge in [-0.2, -0.15) is 0 Å². The van der Waals surface area contributed by atoms with E-state index in [2.05, 4.69) is 38.4 Å². The van der Waals surface area contributed by atoms with Crippen LogP contribution in [0, 0.1) is 0 Å². The zero-order chi connectivity index (χ0) is 11.4. The SMILES string of the molecule is Cn1cncc1CNCc1cccc(Br)c1. The summed E-state index contributed by atoms with van der Waals surface area (Å²) in [5.74, 6) is 0. The largest absolute Gasteiger partial charge is 0.337 e. The lowest BCUT2D eigenvalue weighted by Gasteiger charge is -2.05. The molecule has 0 saturated carbocycles. The Bertz CT molecular complexity index is 465. The summed E-state index contributed by atoms with van der Waals surface area (Å²) in [5.41, 5.74) is 2.46. The van der Waals surface area contributed by atoms with E-state index in [1.54, 1.807) is 0 Å². The van der Waals surface area contributed by atoms with Crippen LogP contribution in [0.2, 0.25) is 0 Å². The predicted molar refractivity (Wildman–Crippen MR) is 67.9 cm³/mol. The van der Waals surface area contributed by atoms with E-state index in [0.29, 0.717) is 0 Å². The van der Waals surface area contributed by atoms with Crippen LogP contribution in [0.4, 0.5) is 0 Å². The fraction of sp³-hybridized carbons (Fsp3) is 0.250. The van der Waals surface area contributed by atoms with E-state index in [-0.39, 0.29) is 0 Å². The summed E-state index contributed by atoms with van der Waals surface area (Å²) in [6.45, 7) is 1.70. The van der Waals surface area contributed by atoms with Crippen LogP contribution in [0.1, 0.15) is 11.3 Å². The normalized spacial score (nSPS) is 10.6. The van der Waals surface area contributed by atoms with Gasteiger partial charge in [-0.25, -0.2) is 4.98 Å². The third-order valence-corrected chi connectivity index (χ3v) is 2.93. The summed E-state index contributed by atoms with van der Waals surface area (Å²) in [4.78, 5) is 4.08. The second kappa shape index (κ2) is 5.27. The van der Waals surface area contributed by atoms with Gasteiger partial charge in [0, 0.05) is 30.8 Å². The van der Waals surface area contributed by atoms with E-state index in [0.717, 1.165) is 17.6 Å².